The highest BCUT2D eigenvalue weighted by molar-refractivity contribution is 6.07. The Hall–Kier alpha value is -2.78. The van der Waals surface area contributed by atoms with Crippen LogP contribution in [-0.2, 0) is 13.0 Å². The maximum absolute atomic E-state index is 10.6. The molecule has 4 rings (SSSR count). The molecule has 0 saturated heterocycles. The largest absolute Gasteiger partial charge is 0.389 e. The minimum atomic E-state index is -0.472. The Labute approximate surface area is 153 Å². The fourth-order valence-corrected chi connectivity index (χ4v) is 3.57. The standard InChI is InChI=1S/C23H24N2O/c1-2-17-11-13-18(14-12-17)24-15-19(26)16-25-22-9-5-3-7-20(22)21-8-4-6-10-23(21)25/h3-14,19,24,26H,2,15-16H2,1H3/t19-/m1/s1. The summed E-state index contributed by atoms with van der Waals surface area (Å²) < 4.78 is 2.22. The maximum Gasteiger partial charge on any atom is 0.0891 e. The van der Waals surface area contributed by atoms with Crippen LogP contribution >= 0.6 is 0 Å². The Bertz CT molecular complexity index is 964. The number of hydrogen-bond acceptors (Lipinski definition) is 2. The molecule has 3 heteroatoms. The molecule has 1 atom stereocenters. The summed E-state index contributed by atoms with van der Waals surface area (Å²) in [6, 6.07) is 25.2. The van der Waals surface area contributed by atoms with Crippen LogP contribution in [0, 0.1) is 0 Å². The number of nitrogens with zero attached hydrogens (tertiary/aromatic N) is 1. The van der Waals surface area contributed by atoms with Gasteiger partial charge in [-0.05, 0) is 36.2 Å². The molecular weight excluding hydrogens is 320 g/mol. The number of aliphatic hydroxyl groups is 1. The number of hydrogen-bond donors (Lipinski definition) is 2. The van der Waals surface area contributed by atoms with Crippen LogP contribution in [0.1, 0.15) is 12.5 Å². The highest BCUT2D eigenvalue weighted by Gasteiger charge is 2.13. The normalized spacial score (nSPS) is 12.5. The molecule has 0 saturated carbocycles. The van der Waals surface area contributed by atoms with E-state index >= 15 is 0 Å². The number of benzene rings is 3. The summed E-state index contributed by atoms with van der Waals surface area (Å²) in [6.07, 6.45) is 0.566. The van der Waals surface area contributed by atoms with Gasteiger partial charge in [0.2, 0.25) is 0 Å². The Morgan fingerprint density at radius 2 is 1.42 bits per heavy atom. The molecule has 3 aromatic carbocycles. The number of anilines is 1. The van der Waals surface area contributed by atoms with Crippen LogP contribution < -0.4 is 5.32 Å². The summed E-state index contributed by atoms with van der Waals surface area (Å²) in [4.78, 5) is 0. The lowest BCUT2D eigenvalue weighted by molar-refractivity contribution is 0.169. The molecule has 0 fully saturated rings. The first-order valence-electron chi connectivity index (χ1n) is 9.23. The number of nitrogens with one attached hydrogen (secondary N) is 1. The second-order valence-electron chi connectivity index (χ2n) is 6.73. The topological polar surface area (TPSA) is 37.2 Å². The second kappa shape index (κ2) is 7.22. The van der Waals surface area contributed by atoms with Gasteiger partial charge in [-0.25, -0.2) is 0 Å². The Balaban J connectivity index is 1.54. The zero-order valence-electron chi connectivity index (χ0n) is 15.0. The van der Waals surface area contributed by atoms with Gasteiger partial charge in [0, 0.05) is 34.0 Å². The van der Waals surface area contributed by atoms with Crippen molar-refractivity contribution in [2.45, 2.75) is 26.0 Å². The fourth-order valence-electron chi connectivity index (χ4n) is 3.57. The van der Waals surface area contributed by atoms with E-state index in [4.69, 9.17) is 0 Å². The quantitative estimate of drug-likeness (QED) is 0.526. The van der Waals surface area contributed by atoms with Gasteiger partial charge in [-0.2, -0.15) is 0 Å². The lowest BCUT2D eigenvalue weighted by atomic mass is 10.1. The van der Waals surface area contributed by atoms with Crippen molar-refractivity contribution in [2.24, 2.45) is 0 Å². The summed E-state index contributed by atoms with van der Waals surface area (Å²) >= 11 is 0. The van der Waals surface area contributed by atoms with Crippen LogP contribution in [0.3, 0.4) is 0 Å². The lowest BCUT2D eigenvalue weighted by Gasteiger charge is -2.15. The van der Waals surface area contributed by atoms with Crippen molar-refractivity contribution in [3.05, 3.63) is 78.4 Å². The SMILES string of the molecule is CCc1ccc(NC[C@@H](O)Cn2c3ccccc3c3ccccc32)cc1. The zero-order chi connectivity index (χ0) is 17.9. The monoisotopic (exact) mass is 344 g/mol. The van der Waals surface area contributed by atoms with E-state index in [1.54, 1.807) is 0 Å². The number of aliphatic hydroxyl groups excluding tert-OH is 1. The number of aromatic nitrogens is 1. The third kappa shape index (κ3) is 3.18. The van der Waals surface area contributed by atoms with E-state index in [0.717, 1.165) is 12.1 Å². The van der Waals surface area contributed by atoms with Crippen molar-refractivity contribution in [1.82, 2.24) is 4.57 Å². The molecule has 0 unspecified atom stereocenters. The predicted molar refractivity (Wildman–Crippen MR) is 110 cm³/mol. The van der Waals surface area contributed by atoms with E-state index in [1.165, 1.54) is 27.4 Å². The van der Waals surface area contributed by atoms with E-state index in [1.807, 2.05) is 0 Å². The molecule has 0 spiro atoms. The van der Waals surface area contributed by atoms with Gasteiger partial charge < -0.3 is 15.0 Å². The van der Waals surface area contributed by atoms with Crippen molar-refractivity contribution in [3.63, 3.8) is 0 Å². The molecule has 0 amide bonds. The van der Waals surface area contributed by atoms with Gasteiger partial charge in [-0.15, -0.1) is 0 Å². The van der Waals surface area contributed by atoms with Gasteiger partial charge in [-0.3, -0.25) is 0 Å². The van der Waals surface area contributed by atoms with Crippen LogP contribution in [0.4, 0.5) is 5.69 Å². The lowest BCUT2D eigenvalue weighted by Crippen LogP contribution is -2.24. The first kappa shape index (κ1) is 16.7. The molecule has 26 heavy (non-hydrogen) atoms. The molecule has 2 N–H and O–H groups in total. The van der Waals surface area contributed by atoms with E-state index in [9.17, 15) is 5.11 Å². The highest BCUT2D eigenvalue weighted by atomic mass is 16.3. The molecule has 0 bridgehead atoms. The van der Waals surface area contributed by atoms with Crippen molar-refractivity contribution >= 4 is 27.5 Å². The molecular formula is C23H24N2O. The Morgan fingerprint density at radius 1 is 0.846 bits per heavy atom. The molecule has 4 aromatic rings. The second-order valence-corrected chi connectivity index (χ2v) is 6.73. The van der Waals surface area contributed by atoms with Gasteiger partial charge >= 0.3 is 0 Å². The van der Waals surface area contributed by atoms with Crippen LogP contribution in [0.25, 0.3) is 21.8 Å². The van der Waals surface area contributed by atoms with Crippen molar-refractivity contribution in [1.29, 1.82) is 0 Å². The van der Waals surface area contributed by atoms with Gasteiger partial charge in [0.25, 0.3) is 0 Å². The van der Waals surface area contributed by atoms with E-state index < -0.39 is 6.10 Å². The van der Waals surface area contributed by atoms with E-state index in [2.05, 4.69) is 89.6 Å². The van der Waals surface area contributed by atoms with Crippen LogP contribution in [0.15, 0.2) is 72.8 Å². The smallest absolute Gasteiger partial charge is 0.0891 e. The molecule has 3 nitrogen and oxygen atoms in total. The average Bonchev–Trinajstić information content (AvgIpc) is 3.01. The average molecular weight is 344 g/mol. The molecule has 0 radical (unpaired) electrons. The predicted octanol–water partition coefficient (Wildman–Crippen LogP) is 4.83. The first-order valence-corrected chi connectivity index (χ1v) is 9.23. The van der Waals surface area contributed by atoms with Gasteiger partial charge in [0.15, 0.2) is 0 Å². The summed E-state index contributed by atoms with van der Waals surface area (Å²) in [5, 5.41) is 16.4. The van der Waals surface area contributed by atoms with Gasteiger partial charge in [-0.1, -0.05) is 55.5 Å². The molecule has 132 valence electrons. The van der Waals surface area contributed by atoms with Crippen molar-refractivity contribution in [2.75, 3.05) is 11.9 Å². The third-order valence-corrected chi connectivity index (χ3v) is 4.98. The summed E-state index contributed by atoms with van der Waals surface area (Å²) in [5.74, 6) is 0. The molecule has 0 aliphatic carbocycles. The number of aryl methyl sites for hydroxylation is 1. The summed E-state index contributed by atoms with van der Waals surface area (Å²) in [6.45, 7) is 3.23. The third-order valence-electron chi connectivity index (χ3n) is 4.98. The van der Waals surface area contributed by atoms with Crippen molar-refractivity contribution < 1.29 is 5.11 Å². The van der Waals surface area contributed by atoms with E-state index in [-0.39, 0.29) is 0 Å². The number of rotatable bonds is 6. The fraction of sp³-hybridized carbons (Fsp3) is 0.217. The molecule has 0 aliphatic rings. The van der Waals surface area contributed by atoms with Gasteiger partial charge in [0.1, 0.15) is 0 Å². The minimum absolute atomic E-state index is 0.472. The summed E-state index contributed by atoms with van der Waals surface area (Å²) in [5.41, 5.74) is 4.70. The molecule has 1 aromatic heterocycles. The minimum Gasteiger partial charge on any atom is -0.389 e. The maximum atomic E-state index is 10.6. The Kier molecular flexibility index (Phi) is 4.63. The van der Waals surface area contributed by atoms with E-state index in [0.29, 0.717) is 13.1 Å². The van der Waals surface area contributed by atoms with Crippen molar-refractivity contribution in [3.8, 4) is 0 Å². The van der Waals surface area contributed by atoms with Crippen LogP contribution in [0.5, 0.6) is 0 Å². The first-order chi connectivity index (χ1) is 12.8. The zero-order valence-corrected chi connectivity index (χ0v) is 15.0. The molecule has 0 aliphatic heterocycles. The number of para-hydroxylation sites is 2. The molecule has 1 heterocycles. The van der Waals surface area contributed by atoms with Crippen LogP contribution in [0.2, 0.25) is 0 Å². The highest BCUT2D eigenvalue weighted by Crippen LogP contribution is 2.28. The Morgan fingerprint density at radius 3 is 2.00 bits per heavy atom. The number of fused-ring (bicyclic) bond motifs is 3. The van der Waals surface area contributed by atoms with Crippen LogP contribution in [-0.4, -0.2) is 22.3 Å². The van der Waals surface area contributed by atoms with Gasteiger partial charge in [0.05, 0.1) is 12.6 Å². The summed E-state index contributed by atoms with van der Waals surface area (Å²) in [7, 11) is 0.